The van der Waals surface area contributed by atoms with Crippen LogP contribution in [0.25, 0.3) is 6.08 Å². The third-order valence-corrected chi connectivity index (χ3v) is 5.69. The number of thioether (sulfide) groups is 1. The van der Waals surface area contributed by atoms with Crippen molar-refractivity contribution in [2.45, 2.75) is 6.61 Å². The molecule has 0 spiro atoms. The molecule has 0 radical (unpaired) electrons. The normalized spacial score (nSPS) is 15.0. The van der Waals surface area contributed by atoms with Gasteiger partial charge in [0.15, 0.2) is 11.5 Å². The van der Waals surface area contributed by atoms with Crippen LogP contribution in [0.2, 0.25) is 5.02 Å². The minimum atomic E-state index is -0.427. The Morgan fingerprint density at radius 2 is 2.00 bits per heavy atom. The van der Waals surface area contributed by atoms with Gasteiger partial charge in [-0.2, -0.15) is 0 Å². The first-order valence-corrected chi connectivity index (χ1v) is 10.3. The van der Waals surface area contributed by atoms with Crippen molar-refractivity contribution >= 4 is 56.5 Å². The summed E-state index contributed by atoms with van der Waals surface area (Å²) in [4.78, 5) is 25.5. The number of imide groups is 1. The monoisotopic (exact) mass is 491 g/mol. The lowest BCUT2D eigenvalue weighted by Gasteiger charge is -2.13. The maximum atomic E-state index is 12.3. The molecular weight excluding hydrogens is 478 g/mol. The zero-order valence-corrected chi connectivity index (χ0v) is 18.4. The van der Waals surface area contributed by atoms with Crippen molar-refractivity contribution in [3.8, 4) is 23.8 Å². The molecule has 2 aromatic rings. The van der Waals surface area contributed by atoms with Crippen LogP contribution in [-0.4, -0.2) is 29.7 Å². The third-order valence-electron chi connectivity index (χ3n) is 3.97. The standard InChI is InChI=1S/C21H15BrClNO4S/c1-3-8-24-20(25)18(29-21(24)26)11-14-9-16(23)19(17(10-14)27-2)28-12-13-4-6-15(22)7-5-13/h1,4-7,9-11H,8,12H2,2H3/b18-11-. The molecule has 1 aliphatic rings. The summed E-state index contributed by atoms with van der Waals surface area (Å²) in [7, 11) is 1.50. The second-order valence-corrected chi connectivity index (χ2v) is 8.24. The van der Waals surface area contributed by atoms with E-state index in [4.69, 9.17) is 27.5 Å². The highest BCUT2D eigenvalue weighted by Gasteiger charge is 2.34. The molecule has 0 N–H and O–H groups in total. The van der Waals surface area contributed by atoms with Gasteiger partial charge in [0.1, 0.15) is 6.61 Å². The Balaban J connectivity index is 1.83. The average molecular weight is 493 g/mol. The quantitative estimate of drug-likeness (QED) is 0.401. The van der Waals surface area contributed by atoms with Crippen molar-refractivity contribution in [1.29, 1.82) is 0 Å². The first-order valence-electron chi connectivity index (χ1n) is 8.36. The number of methoxy groups -OCH3 is 1. The Kier molecular flexibility index (Phi) is 6.91. The SMILES string of the molecule is C#CCN1C(=O)S/C(=C\c2cc(Cl)c(OCc3ccc(Br)cc3)c(OC)c2)C1=O. The summed E-state index contributed by atoms with van der Waals surface area (Å²) in [6.45, 7) is 0.253. The van der Waals surface area contributed by atoms with E-state index in [1.165, 1.54) is 7.11 Å². The van der Waals surface area contributed by atoms with Crippen molar-refractivity contribution in [3.05, 3.63) is 61.9 Å². The molecule has 0 bridgehead atoms. The van der Waals surface area contributed by atoms with Crippen LogP contribution < -0.4 is 9.47 Å². The highest BCUT2D eigenvalue weighted by molar-refractivity contribution is 9.10. The van der Waals surface area contributed by atoms with E-state index in [-0.39, 0.29) is 11.4 Å². The van der Waals surface area contributed by atoms with Gasteiger partial charge in [-0.15, -0.1) is 6.42 Å². The number of hydrogen-bond acceptors (Lipinski definition) is 5. The van der Waals surface area contributed by atoms with Crippen LogP contribution in [0.5, 0.6) is 11.5 Å². The third kappa shape index (κ3) is 4.96. The number of halogens is 2. The highest BCUT2D eigenvalue weighted by Crippen LogP contribution is 2.39. The Labute approximate surface area is 186 Å². The van der Waals surface area contributed by atoms with E-state index >= 15 is 0 Å². The predicted octanol–water partition coefficient (Wildman–Crippen LogP) is 5.36. The van der Waals surface area contributed by atoms with Gasteiger partial charge in [-0.1, -0.05) is 45.6 Å². The molecule has 2 amide bonds. The number of ether oxygens (including phenoxy) is 2. The smallest absolute Gasteiger partial charge is 0.294 e. The summed E-state index contributed by atoms with van der Waals surface area (Å²) in [6.07, 6.45) is 6.79. The molecule has 0 atom stereocenters. The molecule has 1 heterocycles. The van der Waals surface area contributed by atoms with E-state index in [1.807, 2.05) is 24.3 Å². The van der Waals surface area contributed by atoms with E-state index in [0.29, 0.717) is 28.7 Å². The van der Waals surface area contributed by atoms with Gasteiger partial charge >= 0.3 is 0 Å². The van der Waals surface area contributed by atoms with Crippen molar-refractivity contribution in [1.82, 2.24) is 4.90 Å². The average Bonchev–Trinajstić information content (AvgIpc) is 2.96. The van der Waals surface area contributed by atoms with Gasteiger partial charge < -0.3 is 9.47 Å². The number of carbonyl (C=O) groups excluding carboxylic acids is 2. The summed E-state index contributed by atoms with van der Waals surface area (Å²) >= 11 is 10.6. The molecule has 0 unspecified atom stereocenters. The van der Waals surface area contributed by atoms with Gasteiger partial charge in [-0.05, 0) is 53.2 Å². The maximum absolute atomic E-state index is 12.3. The molecule has 3 rings (SSSR count). The number of terminal acetylenes is 1. The molecule has 29 heavy (non-hydrogen) atoms. The number of nitrogens with zero attached hydrogens (tertiary/aromatic N) is 1. The van der Waals surface area contributed by atoms with E-state index in [9.17, 15) is 9.59 Å². The van der Waals surface area contributed by atoms with Crippen molar-refractivity contribution in [3.63, 3.8) is 0 Å². The summed E-state index contributed by atoms with van der Waals surface area (Å²) in [6, 6.07) is 11.1. The first-order chi connectivity index (χ1) is 13.9. The van der Waals surface area contributed by atoms with Crippen LogP contribution in [0.15, 0.2) is 45.8 Å². The lowest BCUT2D eigenvalue weighted by molar-refractivity contribution is -0.122. The van der Waals surface area contributed by atoms with Crippen molar-refractivity contribution in [2.75, 3.05) is 13.7 Å². The van der Waals surface area contributed by atoms with Gasteiger partial charge in [-0.25, -0.2) is 0 Å². The molecule has 5 nitrogen and oxygen atoms in total. The molecule has 1 saturated heterocycles. The maximum Gasteiger partial charge on any atom is 0.294 e. The Morgan fingerprint density at radius 3 is 2.66 bits per heavy atom. The van der Waals surface area contributed by atoms with E-state index < -0.39 is 11.1 Å². The van der Waals surface area contributed by atoms with E-state index in [0.717, 1.165) is 26.7 Å². The molecule has 1 fully saturated rings. The van der Waals surface area contributed by atoms with Crippen LogP contribution in [0.1, 0.15) is 11.1 Å². The van der Waals surface area contributed by atoms with E-state index in [2.05, 4.69) is 21.9 Å². The van der Waals surface area contributed by atoms with Gasteiger partial charge in [-0.3, -0.25) is 14.5 Å². The molecule has 0 saturated carbocycles. The minimum Gasteiger partial charge on any atom is -0.493 e. The lowest BCUT2D eigenvalue weighted by Crippen LogP contribution is -2.28. The zero-order valence-electron chi connectivity index (χ0n) is 15.3. The summed E-state index contributed by atoms with van der Waals surface area (Å²) in [5.41, 5.74) is 1.58. The van der Waals surface area contributed by atoms with Gasteiger partial charge in [0.05, 0.1) is 23.6 Å². The van der Waals surface area contributed by atoms with Crippen LogP contribution in [-0.2, 0) is 11.4 Å². The summed E-state index contributed by atoms with van der Waals surface area (Å²) in [5.74, 6) is 2.69. The fourth-order valence-corrected chi connectivity index (χ4v) is 3.95. The topological polar surface area (TPSA) is 55.8 Å². The molecule has 0 aromatic heterocycles. The molecule has 0 aliphatic carbocycles. The van der Waals surface area contributed by atoms with Gasteiger partial charge in [0.2, 0.25) is 0 Å². The van der Waals surface area contributed by atoms with Crippen LogP contribution >= 0.6 is 39.3 Å². The molecular formula is C21H15BrClNO4S. The van der Waals surface area contributed by atoms with Crippen LogP contribution in [0.3, 0.4) is 0 Å². The summed E-state index contributed by atoms with van der Waals surface area (Å²) < 4.78 is 12.2. The summed E-state index contributed by atoms with van der Waals surface area (Å²) in [5, 5.41) is -0.0673. The molecule has 1 aliphatic heterocycles. The Morgan fingerprint density at radius 1 is 1.28 bits per heavy atom. The molecule has 2 aromatic carbocycles. The predicted molar refractivity (Wildman–Crippen MR) is 118 cm³/mol. The Bertz CT molecular complexity index is 1030. The fraction of sp³-hybridized carbons (Fsp3) is 0.143. The minimum absolute atomic E-state index is 0.0606. The second kappa shape index (κ2) is 9.40. The van der Waals surface area contributed by atoms with Gasteiger partial charge in [0, 0.05) is 4.47 Å². The van der Waals surface area contributed by atoms with Crippen molar-refractivity contribution in [2.24, 2.45) is 0 Å². The number of carbonyl (C=O) groups is 2. The fourth-order valence-electron chi connectivity index (χ4n) is 2.58. The zero-order chi connectivity index (χ0) is 21.0. The van der Waals surface area contributed by atoms with Gasteiger partial charge in [0.25, 0.3) is 11.1 Å². The van der Waals surface area contributed by atoms with Crippen LogP contribution in [0, 0.1) is 12.3 Å². The molecule has 8 heteroatoms. The Hall–Kier alpha value is -2.40. The second-order valence-electron chi connectivity index (χ2n) is 5.92. The van der Waals surface area contributed by atoms with E-state index in [1.54, 1.807) is 18.2 Å². The largest absolute Gasteiger partial charge is 0.493 e. The molecule has 148 valence electrons. The number of amides is 2. The number of benzene rings is 2. The number of rotatable bonds is 6. The van der Waals surface area contributed by atoms with Crippen LogP contribution in [0.4, 0.5) is 4.79 Å². The first kappa shape index (κ1) is 21.3. The van der Waals surface area contributed by atoms with Crippen molar-refractivity contribution < 1.29 is 19.1 Å². The highest BCUT2D eigenvalue weighted by atomic mass is 79.9. The number of hydrogen-bond donors (Lipinski definition) is 0. The lowest BCUT2D eigenvalue weighted by atomic mass is 10.1.